The number of nitrogens with zero attached hydrogens (tertiary/aromatic N) is 2. The summed E-state index contributed by atoms with van der Waals surface area (Å²) in [7, 11) is 0. The number of hydrogen-bond acceptors (Lipinski definition) is 3. The van der Waals surface area contributed by atoms with Crippen LogP contribution in [0.1, 0.15) is 67.1 Å². The van der Waals surface area contributed by atoms with Crippen LogP contribution in [0.15, 0.2) is 30.3 Å². The van der Waals surface area contributed by atoms with Crippen molar-refractivity contribution in [3.05, 3.63) is 64.5 Å². The summed E-state index contributed by atoms with van der Waals surface area (Å²) in [5.41, 5.74) is 2.61. The minimum absolute atomic E-state index is 0. The van der Waals surface area contributed by atoms with Crippen molar-refractivity contribution in [2.24, 2.45) is 0 Å². The second-order valence-electron chi connectivity index (χ2n) is 9.17. The van der Waals surface area contributed by atoms with Crippen LogP contribution < -0.4 is 0 Å². The molecule has 0 saturated carbocycles. The Balaban J connectivity index is 0.00000306. The van der Waals surface area contributed by atoms with Crippen molar-refractivity contribution < 1.29 is 23.1 Å². The number of fused-ring (bicyclic) bond motifs is 1. The van der Waals surface area contributed by atoms with Gasteiger partial charge < -0.3 is 5.11 Å². The SMILES string of the molecule is O=C(O)C[C@@H](c1ccc(F)c(F)c1)N1CC(F)(CCCCc2ccc3c(n2)CCCC3)C1.S. The first-order chi connectivity index (χ1) is 15.3. The van der Waals surface area contributed by atoms with Crippen LogP contribution in [0.25, 0.3) is 0 Å². The molecule has 0 radical (unpaired) electrons. The number of aromatic nitrogens is 1. The number of rotatable bonds is 9. The van der Waals surface area contributed by atoms with Crippen LogP contribution >= 0.6 is 13.5 Å². The molecule has 2 aromatic rings. The summed E-state index contributed by atoms with van der Waals surface area (Å²) in [4.78, 5) is 17.8. The lowest BCUT2D eigenvalue weighted by Crippen LogP contribution is -2.60. The van der Waals surface area contributed by atoms with Crippen LogP contribution in [0, 0.1) is 11.6 Å². The zero-order valence-electron chi connectivity index (χ0n) is 18.6. The second-order valence-corrected chi connectivity index (χ2v) is 9.17. The third-order valence-corrected chi connectivity index (χ3v) is 6.65. The van der Waals surface area contributed by atoms with Crippen LogP contribution in [-0.4, -0.2) is 39.7 Å². The predicted octanol–water partition coefficient (Wildman–Crippen LogP) is 5.30. The second kappa shape index (κ2) is 10.9. The van der Waals surface area contributed by atoms with Gasteiger partial charge in [-0.05, 0) is 80.7 Å². The van der Waals surface area contributed by atoms with E-state index in [9.17, 15) is 18.7 Å². The Bertz CT molecular complexity index is 982. The Labute approximate surface area is 199 Å². The molecule has 0 unspecified atom stereocenters. The monoisotopic (exact) mass is 480 g/mol. The lowest BCUT2D eigenvalue weighted by atomic mass is 9.86. The molecule has 4 nitrogen and oxygen atoms in total. The highest BCUT2D eigenvalue weighted by atomic mass is 32.1. The van der Waals surface area contributed by atoms with Gasteiger partial charge in [0.15, 0.2) is 11.6 Å². The van der Waals surface area contributed by atoms with Crippen LogP contribution in [0.2, 0.25) is 0 Å². The number of aliphatic carboxylic acids is 1. The summed E-state index contributed by atoms with van der Waals surface area (Å²) < 4.78 is 42.0. The van der Waals surface area contributed by atoms with E-state index >= 15 is 4.39 Å². The number of carbonyl (C=O) groups is 1. The maximum absolute atomic E-state index is 15.1. The Hall–Kier alpha value is -2.06. The molecule has 1 aromatic heterocycles. The van der Waals surface area contributed by atoms with Gasteiger partial charge in [-0.1, -0.05) is 12.1 Å². The fourth-order valence-corrected chi connectivity index (χ4v) is 4.92. The van der Waals surface area contributed by atoms with Crippen molar-refractivity contribution in [2.45, 2.75) is 69.5 Å². The molecule has 2 heterocycles. The average molecular weight is 481 g/mol. The zero-order chi connectivity index (χ0) is 22.7. The standard InChI is InChI=1S/C25H29F3N2O2.H2S/c26-20-11-9-18(13-21(20)27)23(14-24(31)32)30-15-25(28,16-30)12-4-3-6-19-10-8-17-5-1-2-7-22(17)29-19;/h8-11,13,23H,1-7,12,14-16H2,(H,31,32);1H2/t23-;/m0./s1. The summed E-state index contributed by atoms with van der Waals surface area (Å²) >= 11 is 0. The van der Waals surface area contributed by atoms with Gasteiger partial charge in [0.1, 0.15) is 5.67 Å². The van der Waals surface area contributed by atoms with Crippen molar-refractivity contribution in [3.63, 3.8) is 0 Å². The van der Waals surface area contributed by atoms with E-state index in [2.05, 4.69) is 12.1 Å². The number of benzene rings is 1. The average Bonchev–Trinajstić information content (AvgIpc) is 2.75. The number of carboxylic acids is 1. The number of aryl methyl sites for hydroxylation is 3. The summed E-state index contributed by atoms with van der Waals surface area (Å²) in [6, 6.07) is 6.95. The molecule has 1 aliphatic heterocycles. The van der Waals surface area contributed by atoms with E-state index < -0.39 is 29.3 Å². The van der Waals surface area contributed by atoms with Gasteiger partial charge in [0.25, 0.3) is 0 Å². The van der Waals surface area contributed by atoms with Crippen LogP contribution in [0.4, 0.5) is 13.2 Å². The Morgan fingerprint density at radius 1 is 1.09 bits per heavy atom. The third-order valence-electron chi connectivity index (χ3n) is 6.65. The first kappa shape index (κ1) is 25.6. The molecule has 1 aromatic carbocycles. The van der Waals surface area contributed by atoms with Crippen LogP contribution in [0.5, 0.6) is 0 Å². The number of hydrogen-bond donors (Lipinski definition) is 1. The zero-order valence-corrected chi connectivity index (χ0v) is 19.6. The van der Waals surface area contributed by atoms with Crippen LogP contribution in [-0.2, 0) is 24.1 Å². The molecule has 180 valence electrons. The van der Waals surface area contributed by atoms with Gasteiger partial charge in [-0.3, -0.25) is 14.7 Å². The van der Waals surface area contributed by atoms with Crippen molar-refractivity contribution >= 4 is 19.5 Å². The molecule has 1 fully saturated rings. The van der Waals surface area contributed by atoms with E-state index in [1.54, 1.807) is 4.90 Å². The minimum Gasteiger partial charge on any atom is -0.481 e. The molecule has 2 aliphatic rings. The molecular weight excluding hydrogens is 449 g/mol. The molecule has 1 atom stereocenters. The van der Waals surface area contributed by atoms with E-state index in [1.807, 2.05) is 0 Å². The van der Waals surface area contributed by atoms with Gasteiger partial charge in [0.2, 0.25) is 0 Å². The first-order valence-corrected chi connectivity index (χ1v) is 11.4. The summed E-state index contributed by atoms with van der Waals surface area (Å²) in [5, 5.41) is 9.23. The molecule has 8 heteroatoms. The van der Waals surface area contributed by atoms with E-state index in [0.29, 0.717) is 12.0 Å². The summed E-state index contributed by atoms with van der Waals surface area (Å²) in [5.74, 6) is -3.07. The van der Waals surface area contributed by atoms with Gasteiger partial charge in [0.05, 0.1) is 6.42 Å². The van der Waals surface area contributed by atoms with Crippen molar-refractivity contribution in [1.29, 1.82) is 0 Å². The number of halogens is 3. The highest BCUT2D eigenvalue weighted by Crippen LogP contribution is 2.38. The smallest absolute Gasteiger partial charge is 0.305 e. The molecule has 33 heavy (non-hydrogen) atoms. The molecule has 1 saturated heterocycles. The van der Waals surface area contributed by atoms with Gasteiger partial charge in [-0.25, -0.2) is 13.2 Å². The van der Waals surface area contributed by atoms with Crippen LogP contribution in [0.3, 0.4) is 0 Å². The largest absolute Gasteiger partial charge is 0.481 e. The molecule has 0 spiro atoms. The van der Waals surface area contributed by atoms with Gasteiger partial charge in [-0.2, -0.15) is 13.5 Å². The number of alkyl halides is 1. The minimum atomic E-state index is -1.38. The first-order valence-electron chi connectivity index (χ1n) is 11.4. The number of likely N-dealkylation sites (tertiary alicyclic amines) is 1. The van der Waals surface area contributed by atoms with Crippen molar-refractivity contribution in [2.75, 3.05) is 13.1 Å². The van der Waals surface area contributed by atoms with Gasteiger partial charge in [0, 0.05) is 30.5 Å². The summed E-state index contributed by atoms with van der Waals surface area (Å²) in [6.07, 6.45) is 7.07. The van der Waals surface area contributed by atoms with E-state index in [0.717, 1.165) is 49.9 Å². The number of pyridine rings is 1. The number of carboxylic acid groups (broad SMARTS) is 1. The van der Waals surface area contributed by atoms with E-state index in [1.165, 1.54) is 30.2 Å². The topological polar surface area (TPSA) is 53.4 Å². The maximum Gasteiger partial charge on any atom is 0.305 e. The van der Waals surface area contributed by atoms with E-state index in [-0.39, 0.29) is 33.0 Å². The molecule has 1 N–H and O–H groups in total. The number of unbranched alkanes of at least 4 members (excludes halogenated alkanes) is 1. The molecule has 4 rings (SSSR count). The maximum atomic E-state index is 15.1. The van der Waals surface area contributed by atoms with Crippen molar-refractivity contribution in [1.82, 2.24) is 9.88 Å². The quantitative estimate of drug-likeness (QED) is 0.495. The summed E-state index contributed by atoms with van der Waals surface area (Å²) in [6.45, 7) is 0.197. The Kier molecular flexibility index (Phi) is 8.45. The Morgan fingerprint density at radius 2 is 1.85 bits per heavy atom. The Morgan fingerprint density at radius 3 is 2.58 bits per heavy atom. The fourth-order valence-electron chi connectivity index (χ4n) is 4.92. The molecular formula is C25H31F3N2O2S. The predicted molar refractivity (Wildman–Crippen MR) is 126 cm³/mol. The molecule has 0 amide bonds. The van der Waals surface area contributed by atoms with E-state index in [4.69, 9.17) is 4.98 Å². The fraction of sp³-hybridized carbons (Fsp3) is 0.520. The lowest BCUT2D eigenvalue weighted by Gasteiger charge is -2.48. The highest BCUT2D eigenvalue weighted by molar-refractivity contribution is 7.59. The van der Waals surface area contributed by atoms with Gasteiger partial charge in [-0.15, -0.1) is 0 Å². The van der Waals surface area contributed by atoms with Gasteiger partial charge >= 0.3 is 5.97 Å². The third kappa shape index (κ3) is 6.29. The lowest BCUT2D eigenvalue weighted by molar-refractivity contribution is -0.141. The normalized spacial score (nSPS) is 18.0. The molecule has 0 bridgehead atoms. The molecule has 1 aliphatic carbocycles. The van der Waals surface area contributed by atoms with Crippen molar-refractivity contribution in [3.8, 4) is 0 Å². The highest BCUT2D eigenvalue weighted by Gasteiger charge is 2.46.